The lowest BCUT2D eigenvalue weighted by molar-refractivity contribution is -0.149. The summed E-state index contributed by atoms with van der Waals surface area (Å²) < 4.78 is 17.0. The molecule has 2 aliphatic rings. The SMILES string of the molecule is COc1cc2c(cc1OCC#N)CCN1C[C@@H](OC(C)(C)C)[C@H](O)C[C@H]21. The molecule has 6 nitrogen and oxygen atoms in total. The molecule has 1 N–H and O–H groups in total. The largest absolute Gasteiger partial charge is 0.493 e. The van der Waals surface area contributed by atoms with Crippen LogP contribution in [0.5, 0.6) is 11.5 Å². The third kappa shape index (κ3) is 3.96. The zero-order valence-electron chi connectivity index (χ0n) is 16.0. The van der Waals surface area contributed by atoms with Gasteiger partial charge in [-0.1, -0.05) is 0 Å². The zero-order valence-corrected chi connectivity index (χ0v) is 16.0. The van der Waals surface area contributed by atoms with Gasteiger partial charge in [0, 0.05) is 19.1 Å². The summed E-state index contributed by atoms with van der Waals surface area (Å²) in [6.45, 7) is 7.69. The monoisotopic (exact) mass is 360 g/mol. The number of methoxy groups -OCH3 is 1. The smallest absolute Gasteiger partial charge is 0.174 e. The van der Waals surface area contributed by atoms with Crippen molar-refractivity contribution < 1.29 is 19.3 Å². The molecular weight excluding hydrogens is 332 g/mol. The third-order valence-corrected chi connectivity index (χ3v) is 5.00. The number of aliphatic hydroxyl groups is 1. The van der Waals surface area contributed by atoms with Crippen LogP contribution in [0.3, 0.4) is 0 Å². The molecule has 0 bridgehead atoms. The molecule has 0 spiro atoms. The van der Waals surface area contributed by atoms with E-state index in [-0.39, 0.29) is 24.4 Å². The van der Waals surface area contributed by atoms with Crippen molar-refractivity contribution in [3.05, 3.63) is 23.3 Å². The topological polar surface area (TPSA) is 75.0 Å². The fourth-order valence-corrected chi connectivity index (χ4v) is 3.94. The summed E-state index contributed by atoms with van der Waals surface area (Å²) >= 11 is 0. The van der Waals surface area contributed by atoms with E-state index in [1.54, 1.807) is 7.11 Å². The zero-order chi connectivity index (χ0) is 18.9. The summed E-state index contributed by atoms with van der Waals surface area (Å²) in [5.74, 6) is 1.23. The molecule has 3 rings (SSSR count). The number of fused-ring (bicyclic) bond motifs is 3. The maximum Gasteiger partial charge on any atom is 0.174 e. The summed E-state index contributed by atoms with van der Waals surface area (Å²) in [5.41, 5.74) is 2.09. The summed E-state index contributed by atoms with van der Waals surface area (Å²) in [5, 5.41) is 19.4. The molecule has 0 radical (unpaired) electrons. The van der Waals surface area contributed by atoms with Gasteiger partial charge >= 0.3 is 0 Å². The first-order chi connectivity index (χ1) is 12.3. The van der Waals surface area contributed by atoms with Gasteiger partial charge in [-0.05, 0) is 56.9 Å². The second kappa shape index (κ2) is 7.43. The highest BCUT2D eigenvalue weighted by atomic mass is 16.5. The van der Waals surface area contributed by atoms with Gasteiger partial charge in [0.2, 0.25) is 0 Å². The maximum atomic E-state index is 10.7. The van der Waals surface area contributed by atoms with Crippen LogP contribution in [0.4, 0.5) is 0 Å². The number of aliphatic hydroxyl groups excluding tert-OH is 1. The number of rotatable bonds is 4. The van der Waals surface area contributed by atoms with Crippen LogP contribution in [0.15, 0.2) is 12.1 Å². The summed E-state index contributed by atoms with van der Waals surface area (Å²) in [6, 6.07) is 6.11. The highest BCUT2D eigenvalue weighted by Crippen LogP contribution is 2.42. The first-order valence-electron chi connectivity index (χ1n) is 9.13. The Morgan fingerprint density at radius 3 is 2.73 bits per heavy atom. The van der Waals surface area contributed by atoms with Gasteiger partial charge in [-0.3, -0.25) is 4.90 Å². The van der Waals surface area contributed by atoms with E-state index in [1.165, 1.54) is 11.1 Å². The van der Waals surface area contributed by atoms with Gasteiger partial charge in [0.25, 0.3) is 0 Å². The van der Waals surface area contributed by atoms with Crippen molar-refractivity contribution in [3.8, 4) is 17.6 Å². The molecule has 1 aromatic rings. The van der Waals surface area contributed by atoms with E-state index in [4.69, 9.17) is 19.5 Å². The Balaban J connectivity index is 1.84. The summed E-state index contributed by atoms with van der Waals surface area (Å²) in [7, 11) is 1.60. The van der Waals surface area contributed by atoms with E-state index in [2.05, 4.69) is 4.90 Å². The molecular formula is C20H28N2O4. The second-order valence-electron chi connectivity index (χ2n) is 7.98. The highest BCUT2D eigenvalue weighted by Gasteiger charge is 2.40. The van der Waals surface area contributed by atoms with Crippen molar-refractivity contribution in [3.63, 3.8) is 0 Å². The minimum absolute atomic E-state index is 0.00473. The van der Waals surface area contributed by atoms with Crippen LogP contribution in [-0.4, -0.2) is 54.6 Å². The minimum Gasteiger partial charge on any atom is -0.493 e. The molecule has 0 aromatic heterocycles. The number of piperidine rings is 1. The number of nitriles is 1. The van der Waals surface area contributed by atoms with Crippen molar-refractivity contribution >= 4 is 0 Å². The molecule has 0 saturated carbocycles. The molecule has 26 heavy (non-hydrogen) atoms. The first kappa shape index (κ1) is 19.0. The molecule has 2 aliphatic heterocycles. The van der Waals surface area contributed by atoms with Gasteiger partial charge in [0.1, 0.15) is 6.07 Å². The highest BCUT2D eigenvalue weighted by molar-refractivity contribution is 5.49. The molecule has 3 atom stereocenters. The van der Waals surface area contributed by atoms with Gasteiger partial charge in [-0.15, -0.1) is 0 Å². The Morgan fingerprint density at radius 2 is 2.08 bits per heavy atom. The predicted octanol–water partition coefficient (Wildman–Crippen LogP) is 2.45. The molecule has 2 heterocycles. The Labute approximate surface area is 155 Å². The second-order valence-corrected chi connectivity index (χ2v) is 7.98. The number of benzene rings is 1. The Hall–Kier alpha value is -1.81. The Bertz CT molecular complexity index is 692. The molecule has 1 saturated heterocycles. The molecule has 142 valence electrons. The standard InChI is InChI=1S/C20H28N2O4/c1-20(2,3)26-19-12-22-7-5-13-9-18(25-8-6-21)17(24-4)10-14(13)15(22)11-16(19)23/h9-10,15-16,19,23H,5,7-8,11-12H2,1-4H3/t15-,16-,19-/m1/s1. The molecule has 1 aromatic carbocycles. The lowest BCUT2D eigenvalue weighted by Gasteiger charge is -2.46. The summed E-state index contributed by atoms with van der Waals surface area (Å²) in [4.78, 5) is 2.39. The Morgan fingerprint density at radius 1 is 1.31 bits per heavy atom. The van der Waals surface area contributed by atoms with E-state index in [0.29, 0.717) is 17.9 Å². The number of ether oxygens (including phenoxy) is 3. The number of hydrogen-bond acceptors (Lipinski definition) is 6. The molecule has 0 aliphatic carbocycles. The average Bonchev–Trinajstić information content (AvgIpc) is 2.58. The van der Waals surface area contributed by atoms with Gasteiger partial charge in [0.05, 0.1) is 24.9 Å². The van der Waals surface area contributed by atoms with Gasteiger partial charge < -0.3 is 19.3 Å². The molecule has 1 fully saturated rings. The quantitative estimate of drug-likeness (QED) is 0.889. The Kier molecular flexibility index (Phi) is 5.42. The fraction of sp³-hybridized carbons (Fsp3) is 0.650. The van der Waals surface area contributed by atoms with E-state index in [1.807, 2.05) is 39.0 Å². The van der Waals surface area contributed by atoms with Crippen LogP contribution >= 0.6 is 0 Å². The van der Waals surface area contributed by atoms with Crippen LogP contribution in [-0.2, 0) is 11.2 Å². The van der Waals surface area contributed by atoms with Gasteiger partial charge in [0.15, 0.2) is 18.1 Å². The van der Waals surface area contributed by atoms with Crippen molar-refractivity contribution in [2.24, 2.45) is 0 Å². The minimum atomic E-state index is -0.498. The van der Waals surface area contributed by atoms with Crippen LogP contribution in [0.1, 0.15) is 44.4 Å². The first-order valence-corrected chi connectivity index (χ1v) is 9.13. The van der Waals surface area contributed by atoms with Crippen molar-refractivity contribution in [2.75, 3.05) is 26.8 Å². The van der Waals surface area contributed by atoms with Crippen LogP contribution < -0.4 is 9.47 Å². The third-order valence-electron chi connectivity index (χ3n) is 5.00. The average molecular weight is 360 g/mol. The fourth-order valence-electron chi connectivity index (χ4n) is 3.94. The van der Waals surface area contributed by atoms with Crippen LogP contribution in [0, 0.1) is 11.3 Å². The molecule has 6 heteroatoms. The van der Waals surface area contributed by atoms with E-state index < -0.39 is 6.10 Å². The maximum absolute atomic E-state index is 10.7. The van der Waals surface area contributed by atoms with Gasteiger partial charge in [-0.2, -0.15) is 5.26 Å². The predicted molar refractivity (Wildman–Crippen MR) is 97.4 cm³/mol. The molecule has 0 amide bonds. The van der Waals surface area contributed by atoms with Gasteiger partial charge in [-0.25, -0.2) is 0 Å². The van der Waals surface area contributed by atoms with Crippen molar-refractivity contribution in [2.45, 2.75) is 57.5 Å². The van der Waals surface area contributed by atoms with Crippen molar-refractivity contribution in [1.29, 1.82) is 5.26 Å². The van der Waals surface area contributed by atoms with Crippen molar-refractivity contribution in [1.82, 2.24) is 4.90 Å². The lowest BCUT2D eigenvalue weighted by atomic mass is 9.84. The van der Waals surface area contributed by atoms with E-state index >= 15 is 0 Å². The number of hydrogen-bond donors (Lipinski definition) is 1. The summed E-state index contributed by atoms with van der Waals surface area (Å²) in [6.07, 6.45) is 0.863. The molecule has 0 unspecified atom stereocenters. The number of nitrogens with zero attached hydrogens (tertiary/aromatic N) is 2. The van der Waals surface area contributed by atoms with Crippen LogP contribution in [0.2, 0.25) is 0 Å². The van der Waals surface area contributed by atoms with E-state index in [9.17, 15) is 5.11 Å². The van der Waals surface area contributed by atoms with E-state index in [0.717, 1.165) is 19.5 Å². The van der Waals surface area contributed by atoms with Crippen LogP contribution in [0.25, 0.3) is 0 Å². The lowest BCUT2D eigenvalue weighted by Crippen LogP contribution is -2.53. The normalized spacial score (nSPS) is 25.8.